The second-order valence-corrected chi connectivity index (χ2v) is 6.08. The SMILES string of the molecule is CC(C)c1cc(Br)c(O)c(CC2CCNC2)c1. The summed E-state index contributed by atoms with van der Waals surface area (Å²) in [6.07, 6.45) is 2.18. The van der Waals surface area contributed by atoms with Gasteiger partial charge in [-0.15, -0.1) is 0 Å². The summed E-state index contributed by atoms with van der Waals surface area (Å²) in [4.78, 5) is 0. The summed E-state index contributed by atoms with van der Waals surface area (Å²) < 4.78 is 0.824. The Balaban J connectivity index is 2.24. The van der Waals surface area contributed by atoms with Crippen LogP contribution in [0.2, 0.25) is 0 Å². The van der Waals surface area contributed by atoms with Gasteiger partial charge in [0.15, 0.2) is 0 Å². The molecule has 1 aliphatic heterocycles. The minimum atomic E-state index is 0.418. The fourth-order valence-electron chi connectivity index (χ4n) is 2.37. The lowest BCUT2D eigenvalue weighted by atomic mass is 9.94. The van der Waals surface area contributed by atoms with Gasteiger partial charge in [-0.2, -0.15) is 0 Å². The van der Waals surface area contributed by atoms with E-state index in [1.807, 2.05) is 6.07 Å². The van der Waals surface area contributed by atoms with Gasteiger partial charge in [-0.05, 0) is 70.9 Å². The average Bonchev–Trinajstić information content (AvgIpc) is 2.77. The van der Waals surface area contributed by atoms with Crippen molar-refractivity contribution in [2.45, 2.75) is 32.6 Å². The van der Waals surface area contributed by atoms with E-state index in [-0.39, 0.29) is 0 Å². The Bertz CT molecular complexity index is 397. The molecular formula is C14H20BrNO. The van der Waals surface area contributed by atoms with Crippen LogP contribution in [0.4, 0.5) is 0 Å². The number of benzene rings is 1. The lowest BCUT2D eigenvalue weighted by Crippen LogP contribution is -2.11. The van der Waals surface area contributed by atoms with Gasteiger partial charge in [-0.25, -0.2) is 0 Å². The number of hydrogen-bond acceptors (Lipinski definition) is 2. The first kappa shape index (κ1) is 12.9. The van der Waals surface area contributed by atoms with E-state index in [9.17, 15) is 5.11 Å². The van der Waals surface area contributed by atoms with E-state index in [0.717, 1.165) is 29.5 Å². The van der Waals surface area contributed by atoms with Crippen LogP contribution in [0, 0.1) is 5.92 Å². The van der Waals surface area contributed by atoms with Gasteiger partial charge in [-0.3, -0.25) is 0 Å². The summed E-state index contributed by atoms with van der Waals surface area (Å²) in [6, 6.07) is 4.18. The molecule has 1 aliphatic rings. The molecule has 1 fully saturated rings. The molecule has 0 amide bonds. The van der Waals surface area contributed by atoms with Gasteiger partial charge in [0.2, 0.25) is 0 Å². The molecule has 94 valence electrons. The van der Waals surface area contributed by atoms with E-state index < -0.39 is 0 Å². The van der Waals surface area contributed by atoms with E-state index in [4.69, 9.17) is 0 Å². The number of rotatable bonds is 3. The quantitative estimate of drug-likeness (QED) is 0.896. The normalized spacial score (nSPS) is 20.1. The van der Waals surface area contributed by atoms with Gasteiger partial charge < -0.3 is 10.4 Å². The summed E-state index contributed by atoms with van der Waals surface area (Å²) in [5, 5.41) is 13.5. The molecule has 0 bridgehead atoms. The largest absolute Gasteiger partial charge is 0.506 e. The maximum absolute atomic E-state index is 10.1. The lowest BCUT2D eigenvalue weighted by Gasteiger charge is -2.15. The molecule has 3 heteroatoms. The van der Waals surface area contributed by atoms with Crippen LogP contribution in [-0.2, 0) is 6.42 Å². The maximum Gasteiger partial charge on any atom is 0.132 e. The highest BCUT2D eigenvalue weighted by Crippen LogP contribution is 2.34. The molecular weight excluding hydrogens is 278 g/mol. The Kier molecular flexibility index (Phi) is 4.10. The molecule has 2 nitrogen and oxygen atoms in total. The Morgan fingerprint density at radius 2 is 2.24 bits per heavy atom. The molecule has 17 heavy (non-hydrogen) atoms. The highest BCUT2D eigenvalue weighted by molar-refractivity contribution is 9.10. The molecule has 0 aliphatic carbocycles. The smallest absolute Gasteiger partial charge is 0.132 e. The fraction of sp³-hybridized carbons (Fsp3) is 0.571. The summed E-state index contributed by atoms with van der Waals surface area (Å²) >= 11 is 3.45. The number of halogens is 1. The van der Waals surface area contributed by atoms with Crippen molar-refractivity contribution in [3.05, 3.63) is 27.7 Å². The number of hydrogen-bond donors (Lipinski definition) is 2. The fourth-order valence-corrected chi connectivity index (χ4v) is 2.89. The van der Waals surface area contributed by atoms with Gasteiger partial charge in [0.05, 0.1) is 4.47 Å². The molecule has 0 saturated carbocycles. The molecule has 1 unspecified atom stereocenters. The minimum Gasteiger partial charge on any atom is -0.506 e. The predicted octanol–water partition coefficient (Wildman–Crippen LogP) is 3.43. The van der Waals surface area contributed by atoms with Crippen molar-refractivity contribution in [1.82, 2.24) is 5.32 Å². The molecule has 1 saturated heterocycles. The molecule has 0 aromatic heterocycles. The highest BCUT2D eigenvalue weighted by atomic mass is 79.9. The summed E-state index contributed by atoms with van der Waals surface area (Å²) in [6.45, 7) is 6.54. The van der Waals surface area contributed by atoms with E-state index >= 15 is 0 Å². The standard InChI is InChI=1S/C14H20BrNO/c1-9(2)11-6-12(14(17)13(15)7-11)5-10-3-4-16-8-10/h6-7,9-10,16-17H,3-5,8H2,1-2H3. The summed E-state index contributed by atoms with van der Waals surface area (Å²) in [7, 11) is 0. The molecule has 0 radical (unpaired) electrons. The van der Waals surface area contributed by atoms with Gasteiger partial charge >= 0.3 is 0 Å². The Labute approximate surface area is 112 Å². The van der Waals surface area contributed by atoms with Crippen LogP contribution in [0.5, 0.6) is 5.75 Å². The van der Waals surface area contributed by atoms with Crippen LogP contribution >= 0.6 is 15.9 Å². The van der Waals surface area contributed by atoms with Crippen LogP contribution < -0.4 is 5.32 Å². The van der Waals surface area contributed by atoms with Crippen molar-refractivity contribution in [3.63, 3.8) is 0 Å². The summed E-state index contributed by atoms with van der Waals surface area (Å²) in [5.74, 6) is 1.57. The molecule has 1 aromatic rings. The molecule has 0 spiro atoms. The lowest BCUT2D eigenvalue weighted by molar-refractivity contribution is 0.455. The molecule has 2 N–H and O–H groups in total. The van der Waals surface area contributed by atoms with Crippen LogP contribution in [0.15, 0.2) is 16.6 Å². The average molecular weight is 298 g/mol. The van der Waals surface area contributed by atoms with Crippen molar-refractivity contribution >= 4 is 15.9 Å². The second-order valence-electron chi connectivity index (χ2n) is 5.23. The van der Waals surface area contributed by atoms with Gasteiger partial charge in [0.25, 0.3) is 0 Å². The van der Waals surface area contributed by atoms with E-state index in [1.165, 1.54) is 12.0 Å². The van der Waals surface area contributed by atoms with Gasteiger partial charge in [0.1, 0.15) is 5.75 Å². The Morgan fingerprint density at radius 1 is 1.47 bits per heavy atom. The first-order valence-corrected chi connectivity index (χ1v) is 7.09. The minimum absolute atomic E-state index is 0.418. The van der Waals surface area contributed by atoms with Crippen molar-refractivity contribution in [2.24, 2.45) is 5.92 Å². The van der Waals surface area contributed by atoms with Crippen LogP contribution in [-0.4, -0.2) is 18.2 Å². The molecule has 1 aromatic carbocycles. The third-order valence-electron chi connectivity index (χ3n) is 3.50. The number of phenolic OH excluding ortho intramolecular Hbond substituents is 1. The topological polar surface area (TPSA) is 32.3 Å². The van der Waals surface area contributed by atoms with Crippen LogP contribution in [0.25, 0.3) is 0 Å². The molecule has 1 atom stereocenters. The zero-order chi connectivity index (χ0) is 12.4. The molecule has 1 heterocycles. The van der Waals surface area contributed by atoms with Gasteiger partial charge in [0, 0.05) is 0 Å². The van der Waals surface area contributed by atoms with Crippen LogP contribution in [0.3, 0.4) is 0 Å². The maximum atomic E-state index is 10.1. The van der Waals surface area contributed by atoms with Crippen molar-refractivity contribution < 1.29 is 5.11 Å². The number of phenols is 1. The second kappa shape index (κ2) is 5.40. The monoisotopic (exact) mass is 297 g/mol. The van der Waals surface area contributed by atoms with E-state index in [1.54, 1.807) is 0 Å². The first-order chi connectivity index (χ1) is 8.08. The Morgan fingerprint density at radius 3 is 2.82 bits per heavy atom. The van der Waals surface area contributed by atoms with E-state index in [0.29, 0.717) is 17.6 Å². The highest BCUT2D eigenvalue weighted by Gasteiger charge is 2.18. The van der Waals surface area contributed by atoms with Crippen molar-refractivity contribution in [3.8, 4) is 5.75 Å². The zero-order valence-corrected chi connectivity index (χ0v) is 12.0. The number of aromatic hydroxyl groups is 1. The zero-order valence-electron chi connectivity index (χ0n) is 10.5. The van der Waals surface area contributed by atoms with E-state index in [2.05, 4.69) is 41.2 Å². The first-order valence-electron chi connectivity index (χ1n) is 6.30. The summed E-state index contributed by atoms with van der Waals surface area (Å²) in [5.41, 5.74) is 2.37. The Hall–Kier alpha value is -0.540. The predicted molar refractivity (Wildman–Crippen MR) is 74.6 cm³/mol. The number of nitrogens with one attached hydrogen (secondary N) is 1. The third kappa shape index (κ3) is 3.02. The van der Waals surface area contributed by atoms with Gasteiger partial charge in [-0.1, -0.05) is 19.9 Å². The van der Waals surface area contributed by atoms with Crippen molar-refractivity contribution in [1.29, 1.82) is 0 Å². The molecule has 2 rings (SSSR count). The van der Waals surface area contributed by atoms with Crippen molar-refractivity contribution in [2.75, 3.05) is 13.1 Å². The van der Waals surface area contributed by atoms with Crippen LogP contribution in [0.1, 0.15) is 37.3 Å². The third-order valence-corrected chi connectivity index (χ3v) is 4.11.